The zero-order valence-corrected chi connectivity index (χ0v) is 12.9. The van der Waals surface area contributed by atoms with Crippen LogP contribution in [-0.2, 0) is 0 Å². The van der Waals surface area contributed by atoms with Gasteiger partial charge in [-0.2, -0.15) is 11.8 Å². The van der Waals surface area contributed by atoms with Gasteiger partial charge in [0.1, 0.15) is 17.5 Å². The van der Waals surface area contributed by atoms with Gasteiger partial charge in [-0.05, 0) is 26.5 Å². The lowest BCUT2D eigenvalue weighted by atomic mass is 10.2. The smallest absolute Gasteiger partial charge is 0.137 e. The molecule has 0 spiro atoms. The van der Waals surface area contributed by atoms with Gasteiger partial charge in [0.2, 0.25) is 0 Å². The molecule has 4 nitrogen and oxygen atoms in total. The van der Waals surface area contributed by atoms with Crippen LogP contribution in [0.25, 0.3) is 0 Å². The van der Waals surface area contributed by atoms with Gasteiger partial charge in [0.05, 0.1) is 0 Å². The standard InChI is InChI=1S/C13H24N4S/c1-6-7-14-12-10(2)13(16-11(3)15-12)17(4)8-9-18-5/h6-9H2,1-5H3,(H,14,15,16). The number of aryl methyl sites for hydroxylation is 1. The summed E-state index contributed by atoms with van der Waals surface area (Å²) in [4.78, 5) is 11.2. The molecule has 1 aromatic heterocycles. The van der Waals surface area contributed by atoms with Gasteiger partial charge in [0, 0.05) is 31.5 Å². The molecule has 1 aromatic rings. The Hall–Kier alpha value is -0.970. The van der Waals surface area contributed by atoms with Crippen molar-refractivity contribution in [3.63, 3.8) is 0 Å². The number of aromatic nitrogens is 2. The molecule has 18 heavy (non-hydrogen) atoms. The molecule has 0 amide bonds. The normalized spacial score (nSPS) is 10.5. The van der Waals surface area contributed by atoms with Crippen LogP contribution < -0.4 is 10.2 Å². The average Bonchev–Trinajstić information content (AvgIpc) is 2.36. The van der Waals surface area contributed by atoms with Gasteiger partial charge in [-0.25, -0.2) is 9.97 Å². The number of nitrogens with one attached hydrogen (secondary N) is 1. The van der Waals surface area contributed by atoms with Crippen LogP contribution in [0.2, 0.25) is 0 Å². The predicted molar refractivity (Wildman–Crippen MR) is 81.9 cm³/mol. The Morgan fingerprint density at radius 2 is 2.00 bits per heavy atom. The Morgan fingerprint density at radius 1 is 1.28 bits per heavy atom. The molecular formula is C13H24N4S. The summed E-state index contributed by atoms with van der Waals surface area (Å²) in [6, 6.07) is 0. The van der Waals surface area contributed by atoms with Gasteiger partial charge in [-0.15, -0.1) is 0 Å². The van der Waals surface area contributed by atoms with Gasteiger partial charge in [-0.1, -0.05) is 6.92 Å². The highest BCUT2D eigenvalue weighted by molar-refractivity contribution is 7.98. The first-order chi connectivity index (χ1) is 8.60. The van der Waals surface area contributed by atoms with Crippen LogP contribution in [0, 0.1) is 13.8 Å². The average molecular weight is 268 g/mol. The third-order valence-corrected chi connectivity index (χ3v) is 3.36. The van der Waals surface area contributed by atoms with Crippen LogP contribution in [0.4, 0.5) is 11.6 Å². The Kier molecular flexibility index (Phi) is 6.25. The van der Waals surface area contributed by atoms with E-state index < -0.39 is 0 Å². The molecule has 0 saturated carbocycles. The van der Waals surface area contributed by atoms with E-state index in [2.05, 4.69) is 47.3 Å². The van der Waals surface area contributed by atoms with Gasteiger partial charge < -0.3 is 10.2 Å². The lowest BCUT2D eigenvalue weighted by Gasteiger charge is -2.21. The summed E-state index contributed by atoms with van der Waals surface area (Å²) in [5.41, 5.74) is 1.14. The summed E-state index contributed by atoms with van der Waals surface area (Å²) in [6.45, 7) is 8.14. The van der Waals surface area contributed by atoms with Crippen LogP contribution in [0.3, 0.4) is 0 Å². The second kappa shape index (κ2) is 7.46. The third-order valence-electron chi connectivity index (χ3n) is 2.77. The van der Waals surface area contributed by atoms with Gasteiger partial charge in [0.15, 0.2) is 0 Å². The Morgan fingerprint density at radius 3 is 2.61 bits per heavy atom. The lowest BCUT2D eigenvalue weighted by Crippen LogP contribution is -2.23. The zero-order valence-electron chi connectivity index (χ0n) is 12.1. The van der Waals surface area contributed by atoms with E-state index in [1.54, 1.807) is 0 Å². The van der Waals surface area contributed by atoms with Crippen LogP contribution in [-0.4, -0.2) is 42.1 Å². The second-order valence-electron chi connectivity index (χ2n) is 4.41. The van der Waals surface area contributed by atoms with Crippen molar-refractivity contribution >= 4 is 23.4 Å². The fraction of sp³-hybridized carbons (Fsp3) is 0.692. The van der Waals surface area contributed by atoms with Crippen LogP contribution >= 0.6 is 11.8 Å². The predicted octanol–water partition coefficient (Wildman–Crippen LogP) is 2.71. The summed E-state index contributed by atoms with van der Waals surface area (Å²) in [7, 11) is 2.09. The first-order valence-electron chi connectivity index (χ1n) is 6.39. The number of thioether (sulfide) groups is 1. The lowest BCUT2D eigenvalue weighted by molar-refractivity contribution is 0.896. The fourth-order valence-corrected chi connectivity index (χ4v) is 2.19. The molecule has 0 aromatic carbocycles. The molecule has 0 fully saturated rings. The van der Waals surface area contributed by atoms with E-state index in [1.807, 2.05) is 18.7 Å². The van der Waals surface area contributed by atoms with Crippen molar-refractivity contribution in [1.82, 2.24) is 9.97 Å². The van der Waals surface area contributed by atoms with Crippen LogP contribution in [0.15, 0.2) is 0 Å². The van der Waals surface area contributed by atoms with E-state index in [-0.39, 0.29) is 0 Å². The molecule has 102 valence electrons. The zero-order chi connectivity index (χ0) is 13.5. The third kappa shape index (κ3) is 4.05. The van der Waals surface area contributed by atoms with E-state index in [9.17, 15) is 0 Å². The summed E-state index contributed by atoms with van der Waals surface area (Å²) < 4.78 is 0. The van der Waals surface area contributed by atoms with Crippen molar-refractivity contribution in [2.24, 2.45) is 0 Å². The van der Waals surface area contributed by atoms with Crippen molar-refractivity contribution in [3.05, 3.63) is 11.4 Å². The SMILES string of the molecule is CCCNc1nc(C)nc(N(C)CCSC)c1C. The first kappa shape index (κ1) is 15.1. The van der Waals surface area contributed by atoms with E-state index in [0.29, 0.717) is 0 Å². The number of rotatable bonds is 7. The quantitative estimate of drug-likeness (QED) is 0.823. The maximum atomic E-state index is 4.56. The van der Waals surface area contributed by atoms with Crippen molar-refractivity contribution in [3.8, 4) is 0 Å². The monoisotopic (exact) mass is 268 g/mol. The number of hydrogen-bond donors (Lipinski definition) is 1. The molecule has 0 unspecified atom stereocenters. The Labute approximate surface area is 115 Å². The Balaban J connectivity index is 2.92. The minimum Gasteiger partial charge on any atom is -0.370 e. The highest BCUT2D eigenvalue weighted by atomic mass is 32.2. The molecule has 5 heteroatoms. The molecule has 0 aliphatic heterocycles. The molecule has 0 atom stereocenters. The van der Waals surface area contributed by atoms with E-state index in [0.717, 1.165) is 48.3 Å². The molecule has 1 heterocycles. The summed E-state index contributed by atoms with van der Waals surface area (Å²) >= 11 is 1.85. The molecule has 0 bridgehead atoms. The molecule has 0 aliphatic rings. The first-order valence-corrected chi connectivity index (χ1v) is 7.78. The van der Waals surface area contributed by atoms with Crippen LogP contribution in [0.5, 0.6) is 0 Å². The number of anilines is 2. The molecule has 0 radical (unpaired) electrons. The van der Waals surface area contributed by atoms with E-state index in [1.165, 1.54) is 0 Å². The molecular weight excluding hydrogens is 244 g/mol. The molecule has 0 saturated heterocycles. The molecule has 1 rings (SSSR count). The van der Waals surface area contributed by atoms with Crippen molar-refractivity contribution in [1.29, 1.82) is 0 Å². The van der Waals surface area contributed by atoms with E-state index >= 15 is 0 Å². The second-order valence-corrected chi connectivity index (χ2v) is 5.39. The summed E-state index contributed by atoms with van der Waals surface area (Å²) in [6.07, 6.45) is 3.22. The van der Waals surface area contributed by atoms with Crippen molar-refractivity contribution in [2.75, 3.05) is 42.4 Å². The number of nitrogens with zero attached hydrogens (tertiary/aromatic N) is 3. The minimum atomic E-state index is 0.824. The maximum Gasteiger partial charge on any atom is 0.137 e. The molecule has 1 N–H and O–H groups in total. The number of hydrogen-bond acceptors (Lipinski definition) is 5. The van der Waals surface area contributed by atoms with Gasteiger partial charge in [-0.3, -0.25) is 0 Å². The highest BCUT2D eigenvalue weighted by Crippen LogP contribution is 2.22. The van der Waals surface area contributed by atoms with E-state index in [4.69, 9.17) is 0 Å². The largest absolute Gasteiger partial charge is 0.370 e. The van der Waals surface area contributed by atoms with Crippen LogP contribution in [0.1, 0.15) is 24.7 Å². The minimum absolute atomic E-state index is 0.824. The molecule has 0 aliphatic carbocycles. The van der Waals surface area contributed by atoms with Gasteiger partial charge >= 0.3 is 0 Å². The fourth-order valence-electron chi connectivity index (χ4n) is 1.73. The van der Waals surface area contributed by atoms with Crippen molar-refractivity contribution in [2.45, 2.75) is 27.2 Å². The Bertz CT molecular complexity index is 381. The summed E-state index contributed by atoms with van der Waals surface area (Å²) in [5.74, 6) is 3.94. The maximum absolute atomic E-state index is 4.56. The topological polar surface area (TPSA) is 41.1 Å². The highest BCUT2D eigenvalue weighted by Gasteiger charge is 2.12. The summed E-state index contributed by atoms with van der Waals surface area (Å²) in [5, 5.41) is 3.37. The van der Waals surface area contributed by atoms with Crippen molar-refractivity contribution < 1.29 is 0 Å². The van der Waals surface area contributed by atoms with Gasteiger partial charge in [0.25, 0.3) is 0 Å².